The second kappa shape index (κ2) is 8.60. The molecule has 1 aromatic carbocycles. The zero-order valence-electron chi connectivity index (χ0n) is 13.2. The van der Waals surface area contributed by atoms with Gasteiger partial charge in [-0.3, -0.25) is 0 Å². The molecular weight excluding hydrogens is 286 g/mol. The van der Waals surface area contributed by atoms with Crippen LogP contribution >= 0.6 is 0 Å². The fourth-order valence-corrected chi connectivity index (χ4v) is 2.39. The molecule has 0 bridgehead atoms. The number of hydrogen-bond donors (Lipinski definition) is 1. The Morgan fingerprint density at radius 2 is 1.86 bits per heavy atom. The Balaban J connectivity index is 1.67. The first-order valence-corrected chi connectivity index (χ1v) is 7.55. The lowest BCUT2D eigenvalue weighted by Gasteiger charge is -2.26. The molecular formula is C16H24NO5+. The van der Waals surface area contributed by atoms with Crippen LogP contribution in [-0.2, 0) is 14.3 Å². The highest BCUT2D eigenvalue weighted by atomic mass is 16.6. The van der Waals surface area contributed by atoms with Gasteiger partial charge in [0, 0.05) is 0 Å². The van der Waals surface area contributed by atoms with Crippen LogP contribution in [0.15, 0.2) is 24.3 Å². The summed E-state index contributed by atoms with van der Waals surface area (Å²) in [5.74, 6) is 1.01. The molecule has 1 saturated heterocycles. The predicted octanol–water partition coefficient (Wildman–Crippen LogP) is -0.0792. The van der Waals surface area contributed by atoms with Crippen LogP contribution in [0.5, 0.6) is 11.5 Å². The van der Waals surface area contributed by atoms with E-state index in [1.807, 2.05) is 6.92 Å². The van der Waals surface area contributed by atoms with Crippen LogP contribution in [0, 0.1) is 0 Å². The summed E-state index contributed by atoms with van der Waals surface area (Å²) in [6.45, 7) is 6.10. The van der Waals surface area contributed by atoms with E-state index < -0.39 is 0 Å². The maximum absolute atomic E-state index is 11.8. The lowest BCUT2D eigenvalue weighted by Crippen LogP contribution is -3.15. The van der Waals surface area contributed by atoms with Crippen molar-refractivity contribution in [2.24, 2.45) is 0 Å². The minimum absolute atomic E-state index is 0.0882. The molecule has 2 rings (SSSR count). The molecule has 0 radical (unpaired) electrons. The molecule has 1 N–H and O–H groups in total. The molecule has 1 unspecified atom stereocenters. The minimum atomic E-state index is -0.351. The van der Waals surface area contributed by atoms with Crippen molar-refractivity contribution in [2.75, 3.05) is 46.6 Å². The summed E-state index contributed by atoms with van der Waals surface area (Å²) in [6.07, 6.45) is -0.125. The lowest BCUT2D eigenvalue weighted by atomic mass is 10.3. The van der Waals surface area contributed by atoms with Gasteiger partial charge in [0.1, 0.15) is 37.2 Å². The van der Waals surface area contributed by atoms with E-state index in [-0.39, 0.29) is 18.7 Å². The Morgan fingerprint density at radius 3 is 2.50 bits per heavy atom. The summed E-state index contributed by atoms with van der Waals surface area (Å²) in [7, 11) is 1.60. The normalized spacial score (nSPS) is 16.8. The summed E-state index contributed by atoms with van der Waals surface area (Å²) >= 11 is 0. The third-order valence-corrected chi connectivity index (χ3v) is 3.52. The second-order valence-electron chi connectivity index (χ2n) is 5.33. The standard InChI is InChI=1S/C16H23NO5/c1-13(11-17-7-9-20-10-8-17)22-16(18)12-21-15-5-3-14(19-2)4-6-15/h3-6,13H,7-12H2,1-2H3/p+1. The van der Waals surface area contributed by atoms with Gasteiger partial charge in [-0.2, -0.15) is 0 Å². The molecule has 6 heteroatoms. The first-order chi connectivity index (χ1) is 10.7. The molecule has 0 aliphatic carbocycles. The number of benzene rings is 1. The van der Waals surface area contributed by atoms with Crippen molar-refractivity contribution >= 4 is 5.97 Å². The number of ether oxygens (including phenoxy) is 4. The smallest absolute Gasteiger partial charge is 0.344 e. The van der Waals surface area contributed by atoms with Gasteiger partial charge in [-0.15, -0.1) is 0 Å². The Labute approximate surface area is 130 Å². The van der Waals surface area contributed by atoms with Crippen LogP contribution < -0.4 is 14.4 Å². The zero-order chi connectivity index (χ0) is 15.8. The van der Waals surface area contributed by atoms with Gasteiger partial charge in [0.2, 0.25) is 0 Å². The third kappa shape index (κ3) is 5.54. The Hall–Kier alpha value is -1.79. The number of carbonyl (C=O) groups is 1. The van der Waals surface area contributed by atoms with Gasteiger partial charge in [0.15, 0.2) is 6.61 Å². The van der Waals surface area contributed by atoms with Gasteiger partial charge >= 0.3 is 5.97 Å². The van der Waals surface area contributed by atoms with Gasteiger partial charge in [-0.1, -0.05) is 0 Å². The van der Waals surface area contributed by atoms with Crippen LogP contribution in [0.4, 0.5) is 0 Å². The average Bonchev–Trinajstić information content (AvgIpc) is 2.54. The molecule has 0 spiro atoms. The van der Waals surface area contributed by atoms with Crippen molar-refractivity contribution in [3.8, 4) is 11.5 Å². The van der Waals surface area contributed by atoms with Crippen molar-refractivity contribution in [3.63, 3.8) is 0 Å². The highest BCUT2D eigenvalue weighted by Crippen LogP contribution is 2.16. The Morgan fingerprint density at radius 1 is 1.23 bits per heavy atom. The Kier molecular flexibility index (Phi) is 6.48. The molecule has 1 aliphatic heterocycles. The van der Waals surface area contributed by atoms with Crippen molar-refractivity contribution in [2.45, 2.75) is 13.0 Å². The number of quaternary nitrogens is 1. The maximum atomic E-state index is 11.8. The molecule has 1 atom stereocenters. The summed E-state index contributed by atoms with van der Waals surface area (Å²) in [5.41, 5.74) is 0. The van der Waals surface area contributed by atoms with Gasteiger partial charge in [0.05, 0.1) is 20.3 Å². The first kappa shape index (κ1) is 16.6. The number of esters is 1. The fourth-order valence-electron chi connectivity index (χ4n) is 2.39. The third-order valence-electron chi connectivity index (χ3n) is 3.52. The molecule has 0 aromatic heterocycles. The van der Waals surface area contributed by atoms with Crippen LogP contribution in [0.25, 0.3) is 0 Å². The van der Waals surface area contributed by atoms with Crippen molar-refractivity contribution in [3.05, 3.63) is 24.3 Å². The topological polar surface area (TPSA) is 58.4 Å². The number of morpholine rings is 1. The molecule has 1 aromatic rings. The van der Waals surface area contributed by atoms with Crippen molar-refractivity contribution < 1.29 is 28.6 Å². The van der Waals surface area contributed by atoms with E-state index in [1.54, 1.807) is 31.4 Å². The highest BCUT2D eigenvalue weighted by molar-refractivity contribution is 5.71. The first-order valence-electron chi connectivity index (χ1n) is 7.55. The van der Waals surface area contributed by atoms with Gasteiger partial charge in [-0.05, 0) is 31.2 Å². The van der Waals surface area contributed by atoms with E-state index >= 15 is 0 Å². The second-order valence-corrected chi connectivity index (χ2v) is 5.33. The van der Waals surface area contributed by atoms with E-state index in [4.69, 9.17) is 18.9 Å². The van der Waals surface area contributed by atoms with Gasteiger partial charge in [-0.25, -0.2) is 4.79 Å². The quantitative estimate of drug-likeness (QED) is 0.714. The zero-order valence-corrected chi connectivity index (χ0v) is 13.2. The van der Waals surface area contributed by atoms with Crippen LogP contribution in [0.3, 0.4) is 0 Å². The van der Waals surface area contributed by atoms with E-state index in [2.05, 4.69) is 0 Å². The van der Waals surface area contributed by atoms with E-state index in [9.17, 15) is 4.79 Å². The van der Waals surface area contributed by atoms with Crippen LogP contribution in [0.2, 0.25) is 0 Å². The number of nitrogens with one attached hydrogen (secondary N) is 1. The molecule has 122 valence electrons. The van der Waals surface area contributed by atoms with Crippen molar-refractivity contribution in [1.82, 2.24) is 0 Å². The molecule has 1 aliphatic rings. The number of hydrogen-bond acceptors (Lipinski definition) is 5. The lowest BCUT2D eigenvalue weighted by molar-refractivity contribution is -0.910. The average molecular weight is 310 g/mol. The van der Waals surface area contributed by atoms with E-state index in [1.165, 1.54) is 4.90 Å². The van der Waals surface area contributed by atoms with E-state index in [0.717, 1.165) is 38.6 Å². The Bertz CT molecular complexity index is 456. The van der Waals surface area contributed by atoms with Gasteiger partial charge < -0.3 is 23.8 Å². The minimum Gasteiger partial charge on any atom is -0.497 e. The summed E-state index contributed by atoms with van der Waals surface area (Å²) in [6, 6.07) is 7.08. The molecule has 6 nitrogen and oxygen atoms in total. The largest absolute Gasteiger partial charge is 0.497 e. The number of carbonyl (C=O) groups excluding carboxylic acids is 1. The summed E-state index contributed by atoms with van der Waals surface area (Å²) in [4.78, 5) is 13.2. The molecule has 22 heavy (non-hydrogen) atoms. The number of methoxy groups -OCH3 is 1. The van der Waals surface area contributed by atoms with Crippen molar-refractivity contribution in [1.29, 1.82) is 0 Å². The number of rotatable bonds is 7. The monoisotopic (exact) mass is 310 g/mol. The van der Waals surface area contributed by atoms with E-state index in [0.29, 0.717) is 5.75 Å². The predicted molar refractivity (Wildman–Crippen MR) is 80.4 cm³/mol. The maximum Gasteiger partial charge on any atom is 0.344 e. The highest BCUT2D eigenvalue weighted by Gasteiger charge is 2.19. The molecule has 1 fully saturated rings. The molecule has 0 saturated carbocycles. The molecule has 1 heterocycles. The van der Waals surface area contributed by atoms with Crippen LogP contribution in [0.1, 0.15) is 6.92 Å². The fraction of sp³-hybridized carbons (Fsp3) is 0.562. The van der Waals surface area contributed by atoms with Crippen LogP contribution in [-0.4, -0.2) is 58.6 Å². The van der Waals surface area contributed by atoms with Gasteiger partial charge in [0.25, 0.3) is 0 Å². The summed E-state index contributed by atoms with van der Waals surface area (Å²) < 4.78 is 21.1. The summed E-state index contributed by atoms with van der Waals surface area (Å²) in [5, 5.41) is 0. The molecule has 0 amide bonds. The SMILES string of the molecule is COc1ccc(OCC(=O)OC(C)C[NH+]2CCOCC2)cc1.